The number of amides is 2. The van der Waals surface area contributed by atoms with Crippen LogP contribution in [0.4, 0.5) is 5.69 Å². The first-order valence-electron chi connectivity index (χ1n) is 12.3. The van der Waals surface area contributed by atoms with E-state index >= 15 is 0 Å². The van der Waals surface area contributed by atoms with Gasteiger partial charge in [0.25, 0.3) is 0 Å². The fourth-order valence-corrected chi connectivity index (χ4v) is 6.74. The molecule has 3 aromatic rings. The Morgan fingerprint density at radius 2 is 1.47 bits per heavy atom. The second kappa shape index (κ2) is 7.47. The lowest BCUT2D eigenvalue weighted by atomic mass is 9.63. The third-order valence-electron chi connectivity index (χ3n) is 8.48. The predicted molar refractivity (Wildman–Crippen MR) is 133 cm³/mol. The molecule has 6 heteroatoms. The van der Waals surface area contributed by atoms with Crippen molar-refractivity contribution in [2.75, 3.05) is 4.90 Å². The van der Waals surface area contributed by atoms with Crippen molar-refractivity contribution in [3.8, 4) is 5.75 Å². The van der Waals surface area contributed by atoms with E-state index in [2.05, 4.69) is 12.2 Å². The number of esters is 1. The maximum Gasteiger partial charge on any atom is 0.343 e. The van der Waals surface area contributed by atoms with Crippen molar-refractivity contribution in [3.05, 3.63) is 83.9 Å². The summed E-state index contributed by atoms with van der Waals surface area (Å²) >= 11 is 0. The molecule has 3 aromatic carbocycles. The lowest BCUT2D eigenvalue weighted by molar-refractivity contribution is -0.124. The molecule has 2 bridgehead atoms. The summed E-state index contributed by atoms with van der Waals surface area (Å²) in [7, 11) is 0. The molecule has 3 fully saturated rings. The molecule has 6 nitrogen and oxygen atoms in total. The van der Waals surface area contributed by atoms with Crippen molar-refractivity contribution in [3.63, 3.8) is 0 Å². The third kappa shape index (κ3) is 2.90. The summed E-state index contributed by atoms with van der Waals surface area (Å²) in [6, 6.07) is 17.2. The minimum absolute atomic E-state index is 0.133. The average molecular weight is 478 g/mol. The summed E-state index contributed by atoms with van der Waals surface area (Å²) in [5.41, 5.74) is 1.06. The van der Waals surface area contributed by atoms with Crippen LogP contribution >= 0.6 is 0 Å². The van der Waals surface area contributed by atoms with Crippen molar-refractivity contribution in [1.29, 1.82) is 0 Å². The van der Waals surface area contributed by atoms with E-state index in [0.717, 1.165) is 11.8 Å². The number of allylic oxidation sites excluding steroid dienone is 2. The van der Waals surface area contributed by atoms with Crippen LogP contribution in [0.3, 0.4) is 0 Å². The Balaban J connectivity index is 1.16. The first kappa shape index (κ1) is 21.2. The molecule has 0 aromatic heterocycles. The number of hydrogen-bond acceptors (Lipinski definition) is 5. The Bertz CT molecular complexity index is 1480. The molecule has 0 spiro atoms. The fourth-order valence-electron chi connectivity index (χ4n) is 6.74. The van der Waals surface area contributed by atoms with Gasteiger partial charge in [0.15, 0.2) is 5.78 Å². The zero-order chi connectivity index (χ0) is 24.7. The van der Waals surface area contributed by atoms with Gasteiger partial charge in [0.05, 0.1) is 28.7 Å². The highest BCUT2D eigenvalue weighted by Crippen LogP contribution is 2.65. The summed E-state index contributed by atoms with van der Waals surface area (Å²) in [6.45, 7) is 1.43. The number of nitrogens with zero attached hydrogens (tertiary/aromatic N) is 1. The van der Waals surface area contributed by atoms with Gasteiger partial charge in [-0.3, -0.25) is 19.3 Å². The minimum atomic E-state index is -0.615. The summed E-state index contributed by atoms with van der Waals surface area (Å²) in [5, 5.41) is 1.53. The number of rotatable bonds is 4. The molecular weight excluding hydrogens is 454 g/mol. The largest absolute Gasteiger partial charge is 0.421 e. The molecule has 178 valence electrons. The van der Waals surface area contributed by atoms with Crippen LogP contribution in [-0.2, 0) is 9.59 Å². The van der Waals surface area contributed by atoms with Crippen LogP contribution in [0.5, 0.6) is 5.75 Å². The molecule has 1 heterocycles. The summed E-state index contributed by atoms with van der Waals surface area (Å²) in [6.07, 6.45) is 5.42. The molecule has 0 radical (unpaired) electrons. The highest BCUT2D eigenvalue weighted by atomic mass is 16.5. The molecule has 2 saturated carbocycles. The van der Waals surface area contributed by atoms with E-state index in [-0.39, 0.29) is 52.6 Å². The number of ether oxygens (including phenoxy) is 1. The molecule has 2 amide bonds. The Labute approximate surface area is 207 Å². The van der Waals surface area contributed by atoms with Gasteiger partial charge in [-0.1, -0.05) is 42.5 Å². The van der Waals surface area contributed by atoms with Gasteiger partial charge in [-0.05, 0) is 72.7 Å². The quantitative estimate of drug-likeness (QED) is 0.177. The number of Topliss-reactive ketones (excluding diaryl/α,β-unsaturated/α-hetero) is 1. The van der Waals surface area contributed by atoms with Crippen molar-refractivity contribution in [1.82, 2.24) is 0 Å². The van der Waals surface area contributed by atoms with Gasteiger partial charge in [-0.15, -0.1) is 0 Å². The van der Waals surface area contributed by atoms with Crippen LogP contribution in [0.1, 0.15) is 34.1 Å². The van der Waals surface area contributed by atoms with Crippen molar-refractivity contribution < 1.29 is 23.9 Å². The van der Waals surface area contributed by atoms with Gasteiger partial charge in [-0.25, -0.2) is 4.79 Å². The van der Waals surface area contributed by atoms with Gasteiger partial charge < -0.3 is 4.74 Å². The van der Waals surface area contributed by atoms with Crippen LogP contribution < -0.4 is 9.64 Å². The SMILES string of the molecule is CC(=O)c1ccc2ccccc2c1OC(=O)c1ccc(N2C(=O)[C@@H]3[C@H]4C=C[C@@H]([C@@H]5C[C@@H]45)[C@@H]3C2=O)cc1. The fraction of sp³-hybridized carbons (Fsp3) is 0.267. The van der Waals surface area contributed by atoms with Crippen LogP contribution in [0.2, 0.25) is 0 Å². The number of hydrogen-bond donors (Lipinski definition) is 0. The summed E-state index contributed by atoms with van der Waals surface area (Å²) in [4.78, 5) is 53.2. The molecule has 6 atom stereocenters. The van der Waals surface area contributed by atoms with E-state index < -0.39 is 5.97 Å². The second-order valence-electron chi connectivity index (χ2n) is 10.3. The Morgan fingerprint density at radius 1 is 0.833 bits per heavy atom. The van der Waals surface area contributed by atoms with Crippen LogP contribution in [0, 0.1) is 35.5 Å². The number of anilines is 1. The molecule has 36 heavy (non-hydrogen) atoms. The van der Waals surface area contributed by atoms with E-state index in [0.29, 0.717) is 28.5 Å². The lowest BCUT2D eigenvalue weighted by Crippen LogP contribution is -2.40. The Hall–Kier alpha value is -4.06. The molecule has 0 unspecified atom stereocenters. The van der Waals surface area contributed by atoms with E-state index in [9.17, 15) is 19.2 Å². The van der Waals surface area contributed by atoms with Crippen molar-refractivity contribution >= 4 is 40.0 Å². The molecule has 0 N–H and O–H groups in total. The number of benzene rings is 3. The maximum atomic E-state index is 13.3. The number of carbonyl (C=O) groups is 4. The molecule has 8 rings (SSSR count). The zero-order valence-electron chi connectivity index (χ0n) is 19.6. The first-order valence-corrected chi connectivity index (χ1v) is 12.3. The van der Waals surface area contributed by atoms with Gasteiger partial charge >= 0.3 is 5.97 Å². The molecule has 1 aliphatic heterocycles. The minimum Gasteiger partial charge on any atom is -0.421 e. The molecular formula is C30H23NO5. The third-order valence-corrected chi connectivity index (χ3v) is 8.48. The predicted octanol–water partition coefficient (Wildman–Crippen LogP) is 4.82. The normalized spacial score (nSPS) is 29.3. The van der Waals surface area contributed by atoms with E-state index in [4.69, 9.17) is 4.74 Å². The van der Waals surface area contributed by atoms with Crippen LogP contribution in [0.25, 0.3) is 10.8 Å². The average Bonchev–Trinajstić information content (AvgIpc) is 3.67. The highest BCUT2D eigenvalue weighted by Gasteiger charge is 2.67. The molecule has 4 aliphatic carbocycles. The summed E-state index contributed by atoms with van der Waals surface area (Å²) < 4.78 is 5.73. The van der Waals surface area contributed by atoms with Crippen molar-refractivity contribution in [2.24, 2.45) is 35.5 Å². The number of imide groups is 1. The van der Waals surface area contributed by atoms with Crippen LogP contribution in [-0.4, -0.2) is 23.6 Å². The van der Waals surface area contributed by atoms with Gasteiger partial charge in [0.1, 0.15) is 5.75 Å². The van der Waals surface area contributed by atoms with E-state index in [1.165, 1.54) is 11.8 Å². The monoisotopic (exact) mass is 477 g/mol. The maximum absolute atomic E-state index is 13.3. The van der Waals surface area contributed by atoms with E-state index in [1.54, 1.807) is 30.3 Å². The Morgan fingerprint density at radius 3 is 2.11 bits per heavy atom. The van der Waals surface area contributed by atoms with Crippen molar-refractivity contribution in [2.45, 2.75) is 13.3 Å². The highest BCUT2D eigenvalue weighted by molar-refractivity contribution is 6.22. The summed E-state index contributed by atoms with van der Waals surface area (Å²) in [5.74, 6) is 0.0308. The standard InChI is InChI=1S/C30H23NO5/c1-15(32)19-11-8-16-4-2-3-5-20(16)27(19)36-30(35)17-6-9-18(10-7-17)31-28(33)25-21-12-13-22(24-14-23(21)24)26(25)29(31)34/h2-13,21-26H,14H2,1H3/t21-,22-,23-,24-,25-,26+/m0/s1. The zero-order valence-corrected chi connectivity index (χ0v) is 19.6. The first-order chi connectivity index (χ1) is 17.4. The van der Waals surface area contributed by atoms with Gasteiger partial charge in [0.2, 0.25) is 11.8 Å². The topological polar surface area (TPSA) is 80.8 Å². The lowest BCUT2D eigenvalue weighted by Gasteiger charge is -2.37. The smallest absolute Gasteiger partial charge is 0.343 e. The second-order valence-corrected chi connectivity index (χ2v) is 10.3. The molecule has 5 aliphatic rings. The van der Waals surface area contributed by atoms with Crippen LogP contribution in [0.15, 0.2) is 72.8 Å². The van der Waals surface area contributed by atoms with E-state index in [1.807, 2.05) is 30.3 Å². The number of carbonyl (C=O) groups excluding carboxylic acids is 4. The Kier molecular flexibility index (Phi) is 4.41. The van der Waals surface area contributed by atoms with Gasteiger partial charge in [0, 0.05) is 5.39 Å². The van der Waals surface area contributed by atoms with Gasteiger partial charge in [-0.2, -0.15) is 0 Å². The number of ketones is 1. The molecule has 1 saturated heterocycles. The number of fused-ring (bicyclic) bond motifs is 1.